The van der Waals surface area contributed by atoms with E-state index in [1.165, 1.54) is 0 Å². The second kappa shape index (κ2) is 5.52. The molecule has 0 aromatic heterocycles. The fourth-order valence-corrected chi connectivity index (χ4v) is 1.00. The van der Waals surface area contributed by atoms with Crippen molar-refractivity contribution in [3.63, 3.8) is 0 Å². The van der Waals surface area contributed by atoms with E-state index in [9.17, 15) is 4.79 Å². The Balaban J connectivity index is 2.37. The highest BCUT2D eigenvalue weighted by Gasteiger charge is 2.12. The minimum atomic E-state index is -0.668. The number of hydrogen-bond acceptors (Lipinski definition) is 3. The zero-order valence-electron chi connectivity index (χ0n) is 8.14. The molecule has 0 aliphatic carbocycles. The van der Waals surface area contributed by atoms with Crippen LogP contribution in [0.2, 0.25) is 0 Å². The van der Waals surface area contributed by atoms with Crippen molar-refractivity contribution in [3.8, 4) is 0 Å². The summed E-state index contributed by atoms with van der Waals surface area (Å²) in [6.45, 7) is 2.23. The summed E-state index contributed by atoms with van der Waals surface area (Å²) in [7, 11) is 0. The van der Waals surface area contributed by atoms with Crippen molar-refractivity contribution >= 4 is 6.29 Å². The van der Waals surface area contributed by atoms with E-state index < -0.39 is 6.04 Å². The van der Waals surface area contributed by atoms with Crippen LogP contribution in [-0.4, -0.2) is 18.4 Å². The Hall–Kier alpha value is -1.19. The van der Waals surface area contributed by atoms with Gasteiger partial charge in [0.2, 0.25) is 6.29 Å². The summed E-state index contributed by atoms with van der Waals surface area (Å²) in [5.41, 5.74) is 6.50. The minimum Gasteiger partial charge on any atom is -0.372 e. The molecule has 0 amide bonds. The maximum atomic E-state index is 10.2. The van der Waals surface area contributed by atoms with E-state index in [0.29, 0.717) is 6.61 Å². The Kier molecular flexibility index (Phi) is 4.29. The second-order valence-electron chi connectivity index (χ2n) is 3.15. The fourth-order valence-electron chi connectivity index (χ4n) is 1.00. The lowest BCUT2D eigenvalue weighted by molar-refractivity contribution is 0.0483. The number of carbonyl (C=O) groups excluding carboxylic acids is 1. The lowest BCUT2D eigenvalue weighted by Crippen LogP contribution is -2.35. The predicted octanol–water partition coefficient (Wildman–Crippen LogP) is 1.03. The molecule has 1 rings (SSSR count). The van der Waals surface area contributed by atoms with Crippen LogP contribution >= 0.6 is 0 Å². The standard InChI is InChI=1S/C11H14NO2/c1-9(11(12)7-13)14-8-10-5-3-2-4-6-10/h2-6,9,11H,8,12H2,1H3/t9-,11-/m1/s1. The first-order valence-corrected chi connectivity index (χ1v) is 4.53. The SMILES string of the molecule is C[C@@H](OCc1ccccc1)[C@H](N)[C]=O. The normalized spacial score (nSPS) is 14.7. The molecule has 0 aliphatic rings. The first-order chi connectivity index (χ1) is 6.74. The predicted molar refractivity (Wildman–Crippen MR) is 54.4 cm³/mol. The molecule has 75 valence electrons. The third-order valence-electron chi connectivity index (χ3n) is 2.00. The lowest BCUT2D eigenvalue weighted by Gasteiger charge is -2.14. The monoisotopic (exact) mass is 192 g/mol. The molecule has 0 saturated carbocycles. The van der Waals surface area contributed by atoms with Gasteiger partial charge < -0.3 is 10.5 Å². The minimum absolute atomic E-state index is 0.298. The van der Waals surface area contributed by atoms with E-state index in [-0.39, 0.29) is 6.10 Å². The van der Waals surface area contributed by atoms with Crippen LogP contribution < -0.4 is 5.73 Å². The van der Waals surface area contributed by atoms with Crippen LogP contribution in [0.1, 0.15) is 12.5 Å². The molecule has 0 fully saturated rings. The van der Waals surface area contributed by atoms with Crippen LogP contribution in [-0.2, 0) is 16.1 Å². The van der Waals surface area contributed by atoms with Gasteiger partial charge in [0.25, 0.3) is 0 Å². The van der Waals surface area contributed by atoms with Gasteiger partial charge in [0, 0.05) is 0 Å². The zero-order valence-corrected chi connectivity index (χ0v) is 8.14. The van der Waals surface area contributed by atoms with Crippen LogP contribution in [0.3, 0.4) is 0 Å². The summed E-state index contributed by atoms with van der Waals surface area (Å²) >= 11 is 0. The Labute approximate surface area is 83.9 Å². The van der Waals surface area contributed by atoms with E-state index in [2.05, 4.69) is 0 Å². The van der Waals surface area contributed by atoms with Crippen LogP contribution in [0.25, 0.3) is 0 Å². The van der Waals surface area contributed by atoms with Crippen LogP contribution in [0.5, 0.6) is 0 Å². The van der Waals surface area contributed by atoms with Gasteiger partial charge in [-0.1, -0.05) is 30.3 Å². The van der Waals surface area contributed by atoms with E-state index in [0.717, 1.165) is 5.56 Å². The maximum absolute atomic E-state index is 10.2. The molecule has 14 heavy (non-hydrogen) atoms. The van der Waals surface area contributed by atoms with Crippen molar-refractivity contribution in [2.75, 3.05) is 0 Å². The smallest absolute Gasteiger partial charge is 0.219 e. The summed E-state index contributed by atoms with van der Waals surface area (Å²) < 4.78 is 5.39. The highest BCUT2D eigenvalue weighted by Crippen LogP contribution is 2.04. The van der Waals surface area contributed by atoms with Crippen molar-refractivity contribution in [1.29, 1.82) is 0 Å². The Morgan fingerprint density at radius 3 is 2.64 bits per heavy atom. The molecule has 1 radical (unpaired) electrons. The van der Waals surface area contributed by atoms with Crippen molar-refractivity contribution in [1.82, 2.24) is 0 Å². The number of ether oxygens (including phenoxy) is 1. The molecule has 0 heterocycles. The highest BCUT2D eigenvalue weighted by molar-refractivity contribution is 5.58. The van der Waals surface area contributed by atoms with Gasteiger partial charge in [0.1, 0.15) is 0 Å². The van der Waals surface area contributed by atoms with Gasteiger partial charge in [-0.2, -0.15) is 0 Å². The molecule has 1 aromatic rings. The summed E-state index contributed by atoms with van der Waals surface area (Å²) in [5, 5.41) is 0. The molecule has 0 spiro atoms. The van der Waals surface area contributed by atoms with E-state index in [4.69, 9.17) is 10.5 Å². The van der Waals surface area contributed by atoms with Gasteiger partial charge in [-0.05, 0) is 12.5 Å². The third kappa shape index (κ3) is 3.28. The molecular weight excluding hydrogens is 178 g/mol. The third-order valence-corrected chi connectivity index (χ3v) is 2.00. The van der Waals surface area contributed by atoms with Crippen molar-refractivity contribution in [2.45, 2.75) is 25.7 Å². The van der Waals surface area contributed by atoms with E-state index >= 15 is 0 Å². The molecule has 2 N–H and O–H groups in total. The van der Waals surface area contributed by atoms with Crippen LogP contribution in [0.15, 0.2) is 30.3 Å². The molecule has 3 nitrogen and oxygen atoms in total. The molecule has 0 unspecified atom stereocenters. The zero-order chi connectivity index (χ0) is 10.4. The van der Waals surface area contributed by atoms with Gasteiger partial charge >= 0.3 is 0 Å². The van der Waals surface area contributed by atoms with E-state index in [1.54, 1.807) is 13.2 Å². The number of benzene rings is 1. The molecule has 3 heteroatoms. The number of nitrogens with two attached hydrogens (primary N) is 1. The Morgan fingerprint density at radius 2 is 2.07 bits per heavy atom. The van der Waals surface area contributed by atoms with Crippen molar-refractivity contribution in [2.24, 2.45) is 5.73 Å². The fraction of sp³-hybridized carbons (Fsp3) is 0.364. The largest absolute Gasteiger partial charge is 0.372 e. The lowest BCUT2D eigenvalue weighted by atomic mass is 10.2. The summed E-state index contributed by atoms with van der Waals surface area (Å²) in [6.07, 6.45) is 1.41. The summed E-state index contributed by atoms with van der Waals surface area (Å²) in [6, 6.07) is 9.08. The Bertz CT molecular complexity index is 274. The molecule has 0 saturated heterocycles. The summed E-state index contributed by atoms with van der Waals surface area (Å²) in [4.78, 5) is 10.2. The van der Waals surface area contributed by atoms with Gasteiger partial charge in [-0.3, -0.25) is 4.79 Å². The average molecular weight is 192 g/mol. The number of rotatable bonds is 5. The topological polar surface area (TPSA) is 52.3 Å². The van der Waals surface area contributed by atoms with Crippen molar-refractivity contribution in [3.05, 3.63) is 35.9 Å². The molecule has 2 atom stereocenters. The quantitative estimate of drug-likeness (QED) is 0.758. The summed E-state index contributed by atoms with van der Waals surface area (Å²) in [5.74, 6) is 0. The molecule has 0 aliphatic heterocycles. The van der Waals surface area contributed by atoms with Gasteiger partial charge in [-0.15, -0.1) is 0 Å². The van der Waals surface area contributed by atoms with Gasteiger partial charge in [0.15, 0.2) is 0 Å². The number of hydrogen-bond donors (Lipinski definition) is 1. The van der Waals surface area contributed by atoms with Crippen molar-refractivity contribution < 1.29 is 9.53 Å². The first kappa shape index (κ1) is 10.9. The Morgan fingerprint density at radius 1 is 1.43 bits per heavy atom. The van der Waals surface area contributed by atoms with Gasteiger partial charge in [0.05, 0.1) is 18.8 Å². The van der Waals surface area contributed by atoms with Gasteiger partial charge in [-0.25, -0.2) is 0 Å². The maximum Gasteiger partial charge on any atom is 0.219 e. The molecular formula is C11H14NO2. The highest BCUT2D eigenvalue weighted by atomic mass is 16.5. The van der Waals surface area contributed by atoms with Crippen LogP contribution in [0, 0.1) is 0 Å². The first-order valence-electron chi connectivity index (χ1n) is 4.53. The van der Waals surface area contributed by atoms with Crippen LogP contribution in [0.4, 0.5) is 0 Å². The van der Waals surface area contributed by atoms with E-state index in [1.807, 2.05) is 30.3 Å². The average Bonchev–Trinajstić information content (AvgIpc) is 2.26. The molecule has 0 bridgehead atoms. The molecule has 1 aromatic carbocycles. The second-order valence-corrected chi connectivity index (χ2v) is 3.15.